The Morgan fingerprint density at radius 1 is 1.27 bits per heavy atom. The van der Waals surface area contributed by atoms with Gasteiger partial charge in [0, 0.05) is 12.1 Å². The van der Waals surface area contributed by atoms with Gasteiger partial charge in [-0.1, -0.05) is 29.8 Å². The third-order valence-electron chi connectivity index (χ3n) is 4.72. The summed E-state index contributed by atoms with van der Waals surface area (Å²) in [6.45, 7) is 6.11. The Morgan fingerprint density at radius 2 is 2.08 bits per heavy atom. The van der Waals surface area contributed by atoms with Crippen molar-refractivity contribution in [1.82, 2.24) is 9.97 Å². The molecule has 0 bridgehead atoms. The van der Waals surface area contributed by atoms with E-state index >= 15 is 0 Å². The van der Waals surface area contributed by atoms with Crippen molar-refractivity contribution < 1.29 is 14.6 Å². The average Bonchev–Trinajstić information content (AvgIpc) is 2.62. The second-order valence-corrected chi connectivity index (χ2v) is 6.87. The van der Waals surface area contributed by atoms with Crippen molar-refractivity contribution in [3.8, 4) is 0 Å². The van der Waals surface area contributed by atoms with E-state index in [9.17, 15) is 9.90 Å². The third-order valence-corrected chi connectivity index (χ3v) is 4.72. The van der Waals surface area contributed by atoms with Crippen molar-refractivity contribution in [3.05, 3.63) is 52.5 Å². The number of aromatic nitrogens is 2. The summed E-state index contributed by atoms with van der Waals surface area (Å²) in [4.78, 5) is 19.7. The first-order valence-corrected chi connectivity index (χ1v) is 8.98. The van der Waals surface area contributed by atoms with Crippen molar-refractivity contribution in [2.24, 2.45) is 0 Å². The van der Waals surface area contributed by atoms with Gasteiger partial charge in [-0.3, -0.25) is 0 Å². The molecule has 1 aromatic carbocycles. The minimum absolute atomic E-state index is 0.0437. The van der Waals surface area contributed by atoms with Crippen LogP contribution in [0.4, 0.5) is 5.82 Å². The fraction of sp³-hybridized carbons (Fsp3) is 0.450. The van der Waals surface area contributed by atoms with Gasteiger partial charge in [-0.05, 0) is 45.6 Å². The van der Waals surface area contributed by atoms with Crippen LogP contribution in [0.1, 0.15) is 58.4 Å². The molecule has 1 fully saturated rings. The Hall–Kier alpha value is -2.47. The zero-order valence-corrected chi connectivity index (χ0v) is 15.5. The summed E-state index contributed by atoms with van der Waals surface area (Å²) < 4.78 is 6.27. The Bertz CT molecular complexity index is 807. The SMILES string of the molecule is Cc1cccc([C@H]2CCCC(CNc3nc(C)nc(C(=O)O)c3C)O2)c1. The van der Waals surface area contributed by atoms with E-state index in [-0.39, 0.29) is 17.9 Å². The lowest BCUT2D eigenvalue weighted by atomic mass is 9.97. The Balaban J connectivity index is 1.67. The topological polar surface area (TPSA) is 84.3 Å². The van der Waals surface area contributed by atoms with Gasteiger partial charge in [0.25, 0.3) is 0 Å². The van der Waals surface area contributed by atoms with Crippen LogP contribution in [0.2, 0.25) is 0 Å². The normalized spacial score (nSPS) is 20.0. The zero-order valence-electron chi connectivity index (χ0n) is 15.5. The molecule has 1 saturated heterocycles. The van der Waals surface area contributed by atoms with Gasteiger partial charge < -0.3 is 15.2 Å². The summed E-state index contributed by atoms with van der Waals surface area (Å²) in [5, 5.41) is 12.5. The number of nitrogens with one attached hydrogen (secondary N) is 1. The van der Waals surface area contributed by atoms with Crippen molar-refractivity contribution in [2.75, 3.05) is 11.9 Å². The molecule has 0 spiro atoms. The largest absolute Gasteiger partial charge is 0.476 e. The molecular weight excluding hydrogens is 330 g/mol. The Labute approximate surface area is 153 Å². The number of ether oxygens (including phenoxy) is 1. The minimum atomic E-state index is -1.04. The minimum Gasteiger partial charge on any atom is -0.476 e. The number of carbonyl (C=O) groups is 1. The maximum absolute atomic E-state index is 11.3. The number of aryl methyl sites for hydroxylation is 2. The van der Waals surface area contributed by atoms with Crippen LogP contribution in [0.5, 0.6) is 0 Å². The first kappa shape index (κ1) is 18.3. The summed E-state index contributed by atoms with van der Waals surface area (Å²) in [7, 11) is 0. The van der Waals surface area contributed by atoms with E-state index in [1.54, 1.807) is 13.8 Å². The Kier molecular flexibility index (Phi) is 5.52. The molecule has 0 radical (unpaired) electrons. The monoisotopic (exact) mass is 355 g/mol. The molecule has 3 rings (SSSR count). The molecular formula is C20H25N3O3. The molecule has 2 aromatic rings. The standard InChI is InChI=1S/C20H25N3O3/c1-12-6-4-7-15(10-12)17-9-5-8-16(26-17)11-21-19-13(2)18(20(24)25)22-14(3)23-19/h4,6-7,10,16-17H,5,8-9,11H2,1-3H3,(H,24,25)(H,21,22,23)/t16?,17-/m1/s1. The van der Waals surface area contributed by atoms with E-state index in [2.05, 4.69) is 46.5 Å². The molecule has 26 heavy (non-hydrogen) atoms. The Morgan fingerprint density at radius 3 is 2.81 bits per heavy atom. The number of nitrogens with zero attached hydrogens (tertiary/aromatic N) is 2. The highest BCUT2D eigenvalue weighted by atomic mass is 16.5. The summed E-state index contributed by atoms with van der Waals surface area (Å²) >= 11 is 0. The molecule has 6 heteroatoms. The first-order valence-electron chi connectivity index (χ1n) is 8.98. The molecule has 0 amide bonds. The molecule has 0 saturated carbocycles. The van der Waals surface area contributed by atoms with Crippen molar-refractivity contribution >= 4 is 11.8 Å². The van der Waals surface area contributed by atoms with Crippen molar-refractivity contribution in [1.29, 1.82) is 0 Å². The molecule has 6 nitrogen and oxygen atoms in total. The van der Waals surface area contributed by atoms with Gasteiger partial charge in [0.15, 0.2) is 5.69 Å². The van der Waals surface area contributed by atoms with Gasteiger partial charge in [-0.2, -0.15) is 0 Å². The van der Waals surface area contributed by atoms with Gasteiger partial charge in [-0.15, -0.1) is 0 Å². The smallest absolute Gasteiger partial charge is 0.354 e. The lowest BCUT2D eigenvalue weighted by Crippen LogP contribution is -2.29. The number of benzene rings is 1. The van der Waals surface area contributed by atoms with Gasteiger partial charge in [0.2, 0.25) is 0 Å². The van der Waals surface area contributed by atoms with Crippen LogP contribution in [0.15, 0.2) is 24.3 Å². The van der Waals surface area contributed by atoms with Crippen LogP contribution in [-0.2, 0) is 4.74 Å². The van der Waals surface area contributed by atoms with E-state index < -0.39 is 5.97 Å². The lowest BCUT2D eigenvalue weighted by molar-refractivity contribution is -0.0442. The number of hydrogen-bond acceptors (Lipinski definition) is 5. The second kappa shape index (κ2) is 7.83. The summed E-state index contributed by atoms with van der Waals surface area (Å²) in [6, 6.07) is 8.45. The van der Waals surface area contributed by atoms with Gasteiger partial charge >= 0.3 is 5.97 Å². The third kappa shape index (κ3) is 4.19. The number of carboxylic acids is 1. The van der Waals surface area contributed by atoms with Crippen LogP contribution in [0, 0.1) is 20.8 Å². The number of hydrogen-bond donors (Lipinski definition) is 2. The van der Waals surface area contributed by atoms with Crippen LogP contribution in [0.3, 0.4) is 0 Å². The highest BCUT2D eigenvalue weighted by molar-refractivity contribution is 5.88. The van der Waals surface area contributed by atoms with Crippen LogP contribution < -0.4 is 5.32 Å². The second-order valence-electron chi connectivity index (χ2n) is 6.87. The summed E-state index contributed by atoms with van der Waals surface area (Å²) in [6.07, 6.45) is 3.28. The van der Waals surface area contributed by atoms with E-state index in [1.165, 1.54) is 11.1 Å². The highest BCUT2D eigenvalue weighted by Crippen LogP contribution is 2.31. The molecule has 1 aromatic heterocycles. The van der Waals surface area contributed by atoms with E-state index in [1.807, 2.05) is 0 Å². The molecule has 1 aliphatic heterocycles. The molecule has 2 N–H and O–H groups in total. The number of aromatic carboxylic acids is 1. The fourth-order valence-electron chi connectivity index (χ4n) is 3.38. The lowest BCUT2D eigenvalue weighted by Gasteiger charge is -2.31. The van der Waals surface area contributed by atoms with Crippen LogP contribution in [0.25, 0.3) is 0 Å². The average molecular weight is 355 g/mol. The number of carboxylic acid groups (broad SMARTS) is 1. The molecule has 1 unspecified atom stereocenters. The van der Waals surface area contributed by atoms with E-state index in [0.717, 1.165) is 19.3 Å². The maximum Gasteiger partial charge on any atom is 0.354 e. The predicted molar refractivity (Wildman–Crippen MR) is 99.6 cm³/mol. The molecule has 0 aliphatic carbocycles. The van der Waals surface area contributed by atoms with Crippen molar-refractivity contribution in [2.45, 2.75) is 52.2 Å². The molecule has 2 heterocycles. The zero-order chi connectivity index (χ0) is 18.7. The molecule has 138 valence electrons. The highest BCUT2D eigenvalue weighted by Gasteiger charge is 2.24. The summed E-state index contributed by atoms with van der Waals surface area (Å²) in [5.41, 5.74) is 3.05. The predicted octanol–water partition coefficient (Wildman–Crippen LogP) is 3.82. The van der Waals surface area contributed by atoms with E-state index in [0.29, 0.717) is 23.8 Å². The van der Waals surface area contributed by atoms with Gasteiger partial charge in [0.1, 0.15) is 11.6 Å². The van der Waals surface area contributed by atoms with Crippen molar-refractivity contribution in [3.63, 3.8) is 0 Å². The molecule has 2 atom stereocenters. The van der Waals surface area contributed by atoms with E-state index in [4.69, 9.17) is 4.74 Å². The number of anilines is 1. The van der Waals surface area contributed by atoms with Gasteiger partial charge in [-0.25, -0.2) is 14.8 Å². The summed E-state index contributed by atoms with van der Waals surface area (Å²) in [5.74, 6) is -0.0293. The quantitative estimate of drug-likeness (QED) is 0.848. The fourth-order valence-corrected chi connectivity index (χ4v) is 3.38. The van der Waals surface area contributed by atoms with Gasteiger partial charge in [0.05, 0.1) is 12.2 Å². The van der Waals surface area contributed by atoms with Crippen LogP contribution >= 0.6 is 0 Å². The first-order chi connectivity index (χ1) is 12.4. The van der Waals surface area contributed by atoms with Crippen LogP contribution in [-0.4, -0.2) is 33.7 Å². The molecule has 1 aliphatic rings. The number of rotatable bonds is 5. The maximum atomic E-state index is 11.3.